The maximum Gasteiger partial charge on any atom is 0.0490 e. The number of aliphatic hydroxyl groups is 1. The number of benzene rings is 1. The van der Waals surface area contributed by atoms with E-state index in [-0.39, 0.29) is 12.0 Å². The largest absolute Gasteiger partial charge is 0.396 e. The van der Waals surface area contributed by atoms with E-state index in [1.54, 1.807) is 6.07 Å². The number of rotatable bonds is 3. The topological polar surface area (TPSA) is 20.2 Å². The molecule has 1 aromatic rings. The van der Waals surface area contributed by atoms with E-state index >= 15 is 0 Å². The first-order chi connectivity index (χ1) is 7.15. The van der Waals surface area contributed by atoms with Crippen molar-refractivity contribution < 1.29 is 5.11 Å². The second kappa shape index (κ2) is 4.32. The molecule has 0 atom stereocenters. The fourth-order valence-corrected chi connectivity index (χ4v) is 2.53. The zero-order chi connectivity index (χ0) is 10.9. The van der Waals surface area contributed by atoms with E-state index in [4.69, 9.17) is 23.2 Å². The van der Waals surface area contributed by atoms with Gasteiger partial charge in [0.2, 0.25) is 0 Å². The fourth-order valence-electron chi connectivity index (χ4n) is 2.15. The van der Waals surface area contributed by atoms with Gasteiger partial charge in [-0.15, -0.1) is 0 Å². The van der Waals surface area contributed by atoms with E-state index in [2.05, 4.69) is 0 Å². The van der Waals surface area contributed by atoms with Gasteiger partial charge >= 0.3 is 0 Å². The highest BCUT2D eigenvalue weighted by Crippen LogP contribution is 2.44. The van der Waals surface area contributed by atoms with Crippen LogP contribution in [0.3, 0.4) is 0 Å². The van der Waals surface area contributed by atoms with Gasteiger partial charge in [0.05, 0.1) is 0 Å². The summed E-state index contributed by atoms with van der Waals surface area (Å²) in [6.07, 6.45) is 4.22. The van der Waals surface area contributed by atoms with E-state index in [0.29, 0.717) is 5.02 Å². The molecule has 2 rings (SSSR count). The zero-order valence-electron chi connectivity index (χ0n) is 8.47. The van der Waals surface area contributed by atoms with Crippen LogP contribution in [-0.2, 0) is 6.42 Å². The Bertz CT molecular complexity index is 353. The molecule has 0 bridgehead atoms. The van der Waals surface area contributed by atoms with Gasteiger partial charge in [0, 0.05) is 16.7 Å². The van der Waals surface area contributed by atoms with Gasteiger partial charge in [-0.2, -0.15) is 0 Å². The molecule has 0 saturated heterocycles. The molecule has 1 saturated carbocycles. The lowest BCUT2D eigenvalue weighted by molar-refractivity contribution is 0.0450. The van der Waals surface area contributed by atoms with Crippen LogP contribution in [0.1, 0.15) is 24.8 Å². The van der Waals surface area contributed by atoms with Crippen LogP contribution in [0.5, 0.6) is 0 Å². The van der Waals surface area contributed by atoms with Crippen molar-refractivity contribution in [2.45, 2.75) is 25.7 Å². The zero-order valence-corrected chi connectivity index (χ0v) is 9.98. The summed E-state index contributed by atoms with van der Waals surface area (Å²) in [4.78, 5) is 0. The fraction of sp³-hybridized carbons (Fsp3) is 0.500. The first-order valence-corrected chi connectivity index (χ1v) is 5.96. The summed E-state index contributed by atoms with van der Waals surface area (Å²) < 4.78 is 0. The summed E-state index contributed by atoms with van der Waals surface area (Å²) in [6, 6.07) is 5.52. The summed E-state index contributed by atoms with van der Waals surface area (Å²) >= 11 is 12.0. The Hall–Kier alpha value is -0.240. The third-order valence-electron chi connectivity index (χ3n) is 3.32. The highest BCUT2D eigenvalue weighted by molar-refractivity contribution is 6.33. The van der Waals surface area contributed by atoms with Gasteiger partial charge in [0.15, 0.2) is 0 Å². The van der Waals surface area contributed by atoms with Crippen molar-refractivity contribution in [3.05, 3.63) is 33.8 Å². The maximum absolute atomic E-state index is 9.38. The standard InChI is InChI=1S/C12H14Cl2O/c13-10-2-3-11(14)9(6-10)7-12(8-15)4-1-5-12/h2-3,6,15H,1,4-5,7-8H2. The Morgan fingerprint density at radius 2 is 2.00 bits per heavy atom. The molecule has 0 aromatic heterocycles. The van der Waals surface area contributed by atoms with Crippen molar-refractivity contribution >= 4 is 23.2 Å². The minimum Gasteiger partial charge on any atom is -0.396 e. The highest BCUT2D eigenvalue weighted by Gasteiger charge is 2.36. The second-order valence-corrected chi connectivity index (χ2v) is 5.27. The number of hydrogen-bond donors (Lipinski definition) is 1. The van der Waals surface area contributed by atoms with Crippen molar-refractivity contribution in [3.8, 4) is 0 Å². The second-order valence-electron chi connectivity index (χ2n) is 4.42. The molecule has 0 radical (unpaired) electrons. The number of hydrogen-bond acceptors (Lipinski definition) is 1. The summed E-state index contributed by atoms with van der Waals surface area (Å²) in [5.74, 6) is 0. The Morgan fingerprint density at radius 3 is 2.53 bits per heavy atom. The molecule has 1 aliphatic carbocycles. The van der Waals surface area contributed by atoms with Crippen LogP contribution >= 0.6 is 23.2 Å². The van der Waals surface area contributed by atoms with Gasteiger partial charge in [-0.3, -0.25) is 0 Å². The third-order valence-corrected chi connectivity index (χ3v) is 3.93. The number of halogens is 2. The Labute approximate surface area is 100 Å². The van der Waals surface area contributed by atoms with Gasteiger partial charge in [-0.05, 0) is 48.4 Å². The van der Waals surface area contributed by atoms with Crippen LogP contribution in [-0.4, -0.2) is 11.7 Å². The van der Waals surface area contributed by atoms with Gasteiger partial charge < -0.3 is 5.11 Å². The number of aliphatic hydroxyl groups excluding tert-OH is 1. The SMILES string of the molecule is OCC1(Cc2cc(Cl)ccc2Cl)CCC1. The molecule has 1 N–H and O–H groups in total. The summed E-state index contributed by atoms with van der Waals surface area (Å²) in [6.45, 7) is 0.246. The van der Waals surface area contributed by atoms with Gasteiger partial charge in [0.25, 0.3) is 0 Å². The van der Waals surface area contributed by atoms with Crippen LogP contribution in [0.2, 0.25) is 10.0 Å². The molecule has 0 aliphatic heterocycles. The van der Waals surface area contributed by atoms with Crippen molar-refractivity contribution in [2.24, 2.45) is 5.41 Å². The molecule has 0 heterocycles. The predicted octanol–water partition coefficient (Wildman–Crippen LogP) is 3.70. The van der Waals surface area contributed by atoms with Gasteiger partial charge in [-0.1, -0.05) is 29.6 Å². The van der Waals surface area contributed by atoms with E-state index in [1.165, 1.54) is 6.42 Å². The lowest BCUT2D eigenvalue weighted by Crippen LogP contribution is -2.35. The molecule has 3 heteroatoms. The molecule has 1 nitrogen and oxygen atoms in total. The molecular formula is C12H14Cl2O. The molecular weight excluding hydrogens is 231 g/mol. The Kier molecular flexibility index (Phi) is 3.24. The van der Waals surface area contributed by atoms with Crippen molar-refractivity contribution in [3.63, 3.8) is 0 Å². The quantitative estimate of drug-likeness (QED) is 0.860. The molecule has 0 amide bonds. The molecule has 1 aliphatic rings. The summed E-state index contributed by atoms with van der Waals surface area (Å²) in [5, 5.41) is 10.8. The van der Waals surface area contributed by atoms with Gasteiger partial charge in [0.1, 0.15) is 0 Å². The average Bonchev–Trinajstić information content (AvgIpc) is 2.17. The first kappa shape index (κ1) is 11.3. The molecule has 82 valence electrons. The van der Waals surface area contributed by atoms with E-state index in [0.717, 1.165) is 29.8 Å². The first-order valence-electron chi connectivity index (χ1n) is 5.20. The van der Waals surface area contributed by atoms with Crippen molar-refractivity contribution in [1.29, 1.82) is 0 Å². The molecule has 0 unspecified atom stereocenters. The smallest absolute Gasteiger partial charge is 0.0490 e. The van der Waals surface area contributed by atoms with E-state index in [9.17, 15) is 5.11 Å². The summed E-state index contributed by atoms with van der Waals surface area (Å²) in [5.41, 5.74) is 1.12. The van der Waals surface area contributed by atoms with Crippen LogP contribution < -0.4 is 0 Å². The van der Waals surface area contributed by atoms with Crippen LogP contribution in [0.25, 0.3) is 0 Å². The molecule has 15 heavy (non-hydrogen) atoms. The minimum absolute atomic E-state index is 0.0638. The average molecular weight is 245 g/mol. The summed E-state index contributed by atoms with van der Waals surface area (Å²) in [7, 11) is 0. The monoisotopic (exact) mass is 244 g/mol. The third kappa shape index (κ3) is 2.30. The molecule has 1 fully saturated rings. The van der Waals surface area contributed by atoms with Crippen LogP contribution in [0, 0.1) is 5.41 Å². The van der Waals surface area contributed by atoms with E-state index in [1.807, 2.05) is 12.1 Å². The molecule has 0 spiro atoms. The highest BCUT2D eigenvalue weighted by atomic mass is 35.5. The minimum atomic E-state index is 0.0638. The van der Waals surface area contributed by atoms with E-state index < -0.39 is 0 Å². The van der Waals surface area contributed by atoms with Gasteiger partial charge in [-0.25, -0.2) is 0 Å². The Balaban J connectivity index is 2.19. The maximum atomic E-state index is 9.38. The normalized spacial score (nSPS) is 18.6. The lowest BCUT2D eigenvalue weighted by Gasteiger charge is -2.40. The lowest BCUT2D eigenvalue weighted by atomic mass is 9.66. The van der Waals surface area contributed by atoms with Crippen LogP contribution in [0.15, 0.2) is 18.2 Å². The van der Waals surface area contributed by atoms with Crippen LogP contribution in [0.4, 0.5) is 0 Å². The molecule has 1 aromatic carbocycles. The van der Waals surface area contributed by atoms with Crippen molar-refractivity contribution in [1.82, 2.24) is 0 Å². The Morgan fingerprint density at radius 1 is 1.27 bits per heavy atom. The van der Waals surface area contributed by atoms with Crippen molar-refractivity contribution in [2.75, 3.05) is 6.61 Å². The predicted molar refractivity (Wildman–Crippen MR) is 63.5 cm³/mol.